The van der Waals surface area contributed by atoms with Gasteiger partial charge in [-0.15, -0.1) is 0 Å². The third-order valence-electron chi connectivity index (χ3n) is 9.03. The summed E-state index contributed by atoms with van der Waals surface area (Å²) in [6, 6.07) is 30.2. The third-order valence-corrected chi connectivity index (χ3v) is 9.03. The Bertz CT molecular complexity index is 1750. The minimum atomic E-state index is -1.32. The Kier molecular flexibility index (Phi) is 10.7. The fourth-order valence-corrected chi connectivity index (χ4v) is 6.35. The van der Waals surface area contributed by atoms with Crippen LogP contribution < -0.4 is 10.6 Å². The highest BCUT2D eigenvalue weighted by Gasteiger charge is 2.38. The zero-order valence-corrected chi connectivity index (χ0v) is 27.4. The Hall–Kier alpha value is -5.76. The molecule has 50 heavy (non-hydrogen) atoms. The van der Waals surface area contributed by atoms with Crippen molar-refractivity contribution >= 4 is 35.0 Å². The van der Waals surface area contributed by atoms with Crippen LogP contribution in [0, 0.1) is 11.8 Å². The number of amides is 4. The molecular formula is C40H38N4O6. The van der Waals surface area contributed by atoms with Crippen LogP contribution in [0.1, 0.15) is 60.1 Å². The lowest BCUT2D eigenvalue weighted by Crippen LogP contribution is -2.45. The summed E-state index contributed by atoms with van der Waals surface area (Å²) < 4.78 is 0. The lowest BCUT2D eigenvalue weighted by molar-refractivity contribution is -0.144. The van der Waals surface area contributed by atoms with Crippen molar-refractivity contribution < 1.29 is 29.4 Å². The summed E-state index contributed by atoms with van der Waals surface area (Å²) in [7, 11) is 0. The number of hydrogen-bond acceptors (Lipinski definition) is 6. The molecule has 0 aromatic heterocycles. The maximum atomic E-state index is 13.1. The molecular weight excluding hydrogens is 632 g/mol. The van der Waals surface area contributed by atoms with Gasteiger partial charge in [0.25, 0.3) is 11.8 Å². The van der Waals surface area contributed by atoms with Gasteiger partial charge in [-0.25, -0.2) is 0 Å². The topological polar surface area (TPSA) is 139 Å². The Balaban J connectivity index is 1.01. The summed E-state index contributed by atoms with van der Waals surface area (Å²) >= 11 is 0. The molecule has 4 amide bonds. The quantitative estimate of drug-likeness (QED) is 0.205. The summed E-state index contributed by atoms with van der Waals surface area (Å²) in [6.07, 6.45) is -0.260. The van der Waals surface area contributed by atoms with E-state index in [9.17, 15) is 29.4 Å². The maximum Gasteiger partial charge on any atom is 0.256 e. The number of carbonyl (C=O) groups is 4. The summed E-state index contributed by atoms with van der Waals surface area (Å²) in [5, 5.41) is 26.9. The predicted octanol–water partition coefficient (Wildman–Crippen LogP) is 4.41. The van der Waals surface area contributed by atoms with E-state index in [0.29, 0.717) is 61.3 Å². The monoisotopic (exact) mass is 670 g/mol. The van der Waals surface area contributed by atoms with E-state index in [2.05, 4.69) is 22.5 Å². The van der Waals surface area contributed by atoms with Crippen molar-refractivity contribution in [3.8, 4) is 11.8 Å². The summed E-state index contributed by atoms with van der Waals surface area (Å²) in [4.78, 5) is 55.1. The van der Waals surface area contributed by atoms with E-state index >= 15 is 0 Å². The summed E-state index contributed by atoms with van der Waals surface area (Å²) in [6.45, 7) is 0.812. The van der Waals surface area contributed by atoms with Crippen molar-refractivity contribution in [1.82, 2.24) is 9.80 Å². The average molecular weight is 671 g/mol. The summed E-state index contributed by atoms with van der Waals surface area (Å²) in [5.74, 6) is 4.61. The van der Waals surface area contributed by atoms with Gasteiger partial charge in [-0.3, -0.25) is 19.2 Å². The minimum Gasteiger partial charge on any atom is -0.378 e. The zero-order chi connectivity index (χ0) is 35.0. The van der Waals surface area contributed by atoms with Gasteiger partial charge < -0.3 is 30.6 Å². The van der Waals surface area contributed by atoms with E-state index < -0.39 is 36.1 Å². The lowest BCUT2D eigenvalue weighted by Gasteiger charge is -2.26. The predicted molar refractivity (Wildman–Crippen MR) is 188 cm³/mol. The van der Waals surface area contributed by atoms with E-state index in [1.54, 1.807) is 97.1 Å². The van der Waals surface area contributed by atoms with Crippen LogP contribution in [0.2, 0.25) is 0 Å². The molecule has 2 aliphatic heterocycles. The van der Waals surface area contributed by atoms with Crippen LogP contribution >= 0.6 is 0 Å². The molecule has 4 aromatic carbocycles. The second-order valence-corrected chi connectivity index (χ2v) is 12.4. The van der Waals surface area contributed by atoms with Crippen molar-refractivity contribution in [3.63, 3.8) is 0 Å². The van der Waals surface area contributed by atoms with Crippen molar-refractivity contribution in [2.45, 2.75) is 50.0 Å². The average Bonchev–Trinajstić information content (AvgIpc) is 3.86. The van der Waals surface area contributed by atoms with Gasteiger partial charge in [0.15, 0.2) is 12.2 Å². The highest BCUT2D eigenvalue weighted by molar-refractivity contribution is 5.99. The van der Waals surface area contributed by atoms with E-state index in [-0.39, 0.29) is 11.8 Å². The molecule has 254 valence electrons. The summed E-state index contributed by atoms with van der Waals surface area (Å²) in [5.41, 5.74) is 3.58. The number of aliphatic hydroxyl groups is 2. The van der Waals surface area contributed by atoms with Crippen LogP contribution in [-0.4, -0.2) is 68.8 Å². The van der Waals surface area contributed by atoms with Gasteiger partial charge in [-0.05, 0) is 85.3 Å². The highest BCUT2D eigenvalue weighted by atomic mass is 16.3. The minimum absolute atomic E-state index is 0.306. The first-order valence-corrected chi connectivity index (χ1v) is 16.7. The first-order valence-electron chi connectivity index (χ1n) is 16.7. The van der Waals surface area contributed by atoms with E-state index in [4.69, 9.17) is 0 Å². The Morgan fingerprint density at radius 3 is 1.28 bits per heavy atom. The Morgan fingerprint density at radius 1 is 0.560 bits per heavy atom. The molecule has 0 spiro atoms. The fourth-order valence-electron chi connectivity index (χ4n) is 6.35. The molecule has 0 unspecified atom stereocenters. The Labute approximate surface area is 290 Å². The van der Waals surface area contributed by atoms with Gasteiger partial charge >= 0.3 is 0 Å². The molecule has 0 radical (unpaired) electrons. The van der Waals surface area contributed by atoms with Gasteiger partial charge in [-0.2, -0.15) is 0 Å². The first kappa shape index (κ1) is 34.1. The molecule has 2 heterocycles. The van der Waals surface area contributed by atoms with E-state index in [1.807, 2.05) is 12.1 Å². The molecule has 4 atom stereocenters. The normalized spacial score (nSPS) is 18.0. The van der Waals surface area contributed by atoms with Gasteiger partial charge in [0, 0.05) is 35.6 Å². The molecule has 0 aliphatic carbocycles. The molecule has 2 fully saturated rings. The molecule has 2 aliphatic rings. The van der Waals surface area contributed by atoms with Crippen molar-refractivity contribution in [3.05, 3.63) is 131 Å². The molecule has 10 heteroatoms. The molecule has 0 bridgehead atoms. The van der Waals surface area contributed by atoms with E-state index in [0.717, 1.165) is 11.1 Å². The smallest absolute Gasteiger partial charge is 0.256 e. The molecule has 2 saturated heterocycles. The van der Waals surface area contributed by atoms with Crippen molar-refractivity contribution in [1.29, 1.82) is 0 Å². The largest absolute Gasteiger partial charge is 0.378 e. The number of carbonyl (C=O) groups excluding carboxylic acids is 4. The molecule has 0 saturated carbocycles. The fraction of sp³-hybridized carbons (Fsp3) is 0.250. The standard InChI is InChI=1S/C40H38N4O6/c45-35(29-9-3-1-4-10-29)39(49)43-25-7-13-33(43)37(47)41-31-21-17-27(18-22-31)15-16-28-19-23-32(24-20-28)42-38(48)34-14-8-26-44(34)40(50)36(46)30-11-5-2-6-12-30/h1-6,9-12,17-24,33-36,45-46H,7-8,13-14,25-26H2,(H,41,47)(H,42,48)/t33-,34-,35+,36+/m0/s1. The number of nitrogens with one attached hydrogen (secondary N) is 2. The Morgan fingerprint density at radius 2 is 0.920 bits per heavy atom. The first-order chi connectivity index (χ1) is 24.3. The number of anilines is 2. The number of likely N-dealkylation sites (tertiary alicyclic amines) is 2. The van der Waals surface area contributed by atoms with Crippen LogP contribution in [0.4, 0.5) is 11.4 Å². The highest BCUT2D eigenvalue weighted by Crippen LogP contribution is 2.26. The second kappa shape index (κ2) is 15.6. The van der Waals surface area contributed by atoms with Crippen LogP contribution in [0.3, 0.4) is 0 Å². The van der Waals surface area contributed by atoms with Crippen LogP contribution in [0.5, 0.6) is 0 Å². The van der Waals surface area contributed by atoms with E-state index in [1.165, 1.54) is 9.80 Å². The number of rotatable bonds is 8. The van der Waals surface area contributed by atoms with Gasteiger partial charge in [0.05, 0.1) is 0 Å². The number of benzene rings is 4. The molecule has 4 N–H and O–H groups in total. The van der Waals surface area contributed by atoms with Crippen molar-refractivity contribution in [2.75, 3.05) is 23.7 Å². The number of nitrogens with zero attached hydrogens (tertiary/aromatic N) is 2. The molecule has 4 aromatic rings. The third kappa shape index (κ3) is 7.92. The van der Waals surface area contributed by atoms with Gasteiger partial charge in [0.2, 0.25) is 11.8 Å². The van der Waals surface area contributed by atoms with Gasteiger partial charge in [0.1, 0.15) is 12.1 Å². The molecule has 10 nitrogen and oxygen atoms in total. The van der Waals surface area contributed by atoms with Crippen LogP contribution in [-0.2, 0) is 19.2 Å². The lowest BCUT2D eigenvalue weighted by atomic mass is 10.1. The SMILES string of the molecule is O=C(Nc1ccc(C#Cc2ccc(NC(=O)[C@@H]3CCCN3C(=O)[C@H](O)c3ccccc3)cc2)cc1)[C@@H]1CCCN1C(=O)[C@H](O)c1ccccc1. The number of hydrogen-bond donors (Lipinski definition) is 4. The van der Waals surface area contributed by atoms with Gasteiger partial charge in [-0.1, -0.05) is 72.5 Å². The van der Waals surface area contributed by atoms with Crippen LogP contribution in [0.25, 0.3) is 0 Å². The second-order valence-electron chi connectivity index (χ2n) is 12.4. The maximum absolute atomic E-state index is 13.1. The zero-order valence-electron chi connectivity index (χ0n) is 27.4. The molecule has 6 rings (SSSR count). The number of aliphatic hydroxyl groups excluding tert-OH is 2. The van der Waals surface area contributed by atoms with Crippen molar-refractivity contribution in [2.24, 2.45) is 0 Å². The van der Waals surface area contributed by atoms with Crippen LogP contribution in [0.15, 0.2) is 109 Å².